The molecule has 1 rings (SSSR count). The lowest BCUT2D eigenvalue weighted by Crippen LogP contribution is -2.27. The van der Waals surface area contributed by atoms with Gasteiger partial charge in [-0.1, -0.05) is 25.6 Å². The Bertz CT molecular complexity index is 159. The Labute approximate surface area is 86.5 Å². The molecule has 1 heterocycles. The Morgan fingerprint density at radius 2 is 2.38 bits per heavy atom. The number of hydrogen-bond donors (Lipinski definition) is 2. The summed E-state index contributed by atoms with van der Waals surface area (Å²) >= 11 is 5.13. The predicted molar refractivity (Wildman–Crippen MR) is 61.4 cm³/mol. The fourth-order valence-electron chi connectivity index (χ4n) is 1.58. The molecule has 1 atom stereocenters. The molecule has 2 nitrogen and oxygen atoms in total. The minimum atomic E-state index is 0.640. The second-order valence-corrected chi connectivity index (χ2v) is 4.29. The molecule has 13 heavy (non-hydrogen) atoms. The molecule has 0 aromatic rings. The smallest absolute Gasteiger partial charge is 0.0272 e. The third-order valence-electron chi connectivity index (χ3n) is 2.44. The lowest BCUT2D eigenvalue weighted by atomic mass is 10.1. The number of unbranched alkanes of at least 4 members (excludes halogenated alkanes) is 1. The number of hydrogen-bond acceptors (Lipinski definition) is 3. The zero-order valence-electron chi connectivity index (χ0n) is 8.44. The molecule has 0 bridgehead atoms. The maximum absolute atomic E-state index is 5.13. The zero-order chi connectivity index (χ0) is 9.52. The summed E-state index contributed by atoms with van der Waals surface area (Å²) in [4.78, 5) is 1.19. The second-order valence-electron chi connectivity index (χ2n) is 3.71. The molecule has 0 amide bonds. The summed E-state index contributed by atoms with van der Waals surface area (Å²) in [5.41, 5.74) is 0. The first-order valence-corrected chi connectivity index (χ1v) is 5.69. The van der Waals surface area contributed by atoms with Gasteiger partial charge in [-0.05, 0) is 32.4 Å². The van der Waals surface area contributed by atoms with Crippen LogP contribution in [0.15, 0.2) is 0 Å². The molecule has 76 valence electrons. The Balaban J connectivity index is 1.91. The van der Waals surface area contributed by atoms with Gasteiger partial charge < -0.3 is 10.6 Å². The van der Waals surface area contributed by atoms with Crippen LogP contribution >= 0.6 is 12.2 Å². The van der Waals surface area contributed by atoms with E-state index in [0.29, 0.717) is 6.04 Å². The van der Waals surface area contributed by atoms with Crippen molar-refractivity contribution >= 4 is 17.1 Å². The average Bonchev–Trinajstić information content (AvgIpc) is 2.51. The highest BCUT2D eigenvalue weighted by Gasteiger charge is 2.17. The van der Waals surface area contributed by atoms with E-state index in [4.69, 9.17) is 12.2 Å². The first-order chi connectivity index (χ1) is 6.33. The number of nitrogens with one attached hydrogen (secondary N) is 2. The molecule has 0 aromatic carbocycles. The average molecular weight is 200 g/mol. The maximum Gasteiger partial charge on any atom is 0.0272 e. The van der Waals surface area contributed by atoms with E-state index in [9.17, 15) is 0 Å². The SMILES string of the molecule is CCCCNCCC1CC(=S)CN1. The number of thiocarbonyl (C=S) groups is 1. The molecule has 0 aromatic heterocycles. The molecule has 2 N–H and O–H groups in total. The highest BCUT2D eigenvalue weighted by atomic mass is 32.1. The van der Waals surface area contributed by atoms with Crippen molar-refractivity contribution in [3.63, 3.8) is 0 Å². The van der Waals surface area contributed by atoms with Gasteiger partial charge in [0.25, 0.3) is 0 Å². The van der Waals surface area contributed by atoms with Crippen LogP contribution in [-0.4, -0.2) is 30.5 Å². The van der Waals surface area contributed by atoms with Crippen LogP contribution in [0, 0.1) is 0 Å². The lowest BCUT2D eigenvalue weighted by Gasteiger charge is -2.09. The van der Waals surface area contributed by atoms with E-state index < -0.39 is 0 Å². The van der Waals surface area contributed by atoms with Gasteiger partial charge in [0.2, 0.25) is 0 Å². The summed E-state index contributed by atoms with van der Waals surface area (Å²) in [7, 11) is 0. The monoisotopic (exact) mass is 200 g/mol. The Kier molecular flexibility index (Phi) is 5.51. The molecule has 1 aliphatic heterocycles. The molecule has 0 radical (unpaired) electrons. The lowest BCUT2D eigenvalue weighted by molar-refractivity contribution is 0.522. The van der Waals surface area contributed by atoms with Crippen LogP contribution < -0.4 is 10.6 Å². The maximum atomic E-state index is 5.13. The van der Waals surface area contributed by atoms with Gasteiger partial charge in [-0.2, -0.15) is 0 Å². The number of rotatable bonds is 6. The van der Waals surface area contributed by atoms with Crippen molar-refractivity contribution in [2.75, 3.05) is 19.6 Å². The molecule has 0 spiro atoms. The van der Waals surface area contributed by atoms with E-state index >= 15 is 0 Å². The standard InChI is InChI=1S/C10H20N2S/c1-2-3-5-11-6-4-9-7-10(13)8-12-9/h9,11-12H,2-8H2,1H3. The predicted octanol–water partition coefficient (Wildman–Crippen LogP) is 1.50. The van der Waals surface area contributed by atoms with Crippen LogP contribution in [0.1, 0.15) is 32.6 Å². The van der Waals surface area contributed by atoms with Gasteiger partial charge in [-0.25, -0.2) is 0 Å². The molecule has 3 heteroatoms. The minimum Gasteiger partial charge on any atom is -0.317 e. The van der Waals surface area contributed by atoms with Crippen LogP contribution in [0.25, 0.3) is 0 Å². The largest absolute Gasteiger partial charge is 0.317 e. The fourth-order valence-corrected chi connectivity index (χ4v) is 1.87. The molecule has 0 saturated carbocycles. The quantitative estimate of drug-likeness (QED) is 0.502. The first-order valence-electron chi connectivity index (χ1n) is 5.28. The van der Waals surface area contributed by atoms with Gasteiger partial charge in [0.15, 0.2) is 0 Å². The Hall–Kier alpha value is 0.01000. The molecule has 0 aliphatic carbocycles. The van der Waals surface area contributed by atoms with Crippen LogP contribution in [0.5, 0.6) is 0 Å². The van der Waals surface area contributed by atoms with Crippen molar-refractivity contribution in [1.29, 1.82) is 0 Å². The van der Waals surface area contributed by atoms with Gasteiger partial charge in [0.1, 0.15) is 0 Å². The van der Waals surface area contributed by atoms with E-state index in [1.807, 2.05) is 0 Å². The third-order valence-corrected chi connectivity index (χ3v) is 2.75. The zero-order valence-corrected chi connectivity index (χ0v) is 9.25. The first kappa shape index (κ1) is 11.1. The normalized spacial score (nSPS) is 22.5. The van der Waals surface area contributed by atoms with E-state index in [-0.39, 0.29) is 0 Å². The van der Waals surface area contributed by atoms with Gasteiger partial charge in [-0.15, -0.1) is 0 Å². The van der Waals surface area contributed by atoms with E-state index in [0.717, 1.165) is 26.1 Å². The molecular formula is C10H20N2S. The summed E-state index contributed by atoms with van der Waals surface area (Å²) in [5.74, 6) is 0. The highest BCUT2D eigenvalue weighted by Crippen LogP contribution is 2.06. The highest BCUT2D eigenvalue weighted by molar-refractivity contribution is 7.80. The van der Waals surface area contributed by atoms with Gasteiger partial charge >= 0.3 is 0 Å². The van der Waals surface area contributed by atoms with E-state index in [2.05, 4.69) is 17.6 Å². The van der Waals surface area contributed by atoms with Crippen molar-refractivity contribution < 1.29 is 0 Å². The minimum absolute atomic E-state index is 0.640. The van der Waals surface area contributed by atoms with Crippen molar-refractivity contribution in [1.82, 2.24) is 10.6 Å². The van der Waals surface area contributed by atoms with Crippen molar-refractivity contribution in [3.05, 3.63) is 0 Å². The van der Waals surface area contributed by atoms with Crippen LogP contribution in [-0.2, 0) is 0 Å². The summed E-state index contributed by atoms with van der Waals surface area (Å²) in [6, 6.07) is 0.640. The Morgan fingerprint density at radius 1 is 1.54 bits per heavy atom. The second kappa shape index (κ2) is 6.46. The van der Waals surface area contributed by atoms with Crippen molar-refractivity contribution in [3.8, 4) is 0 Å². The Morgan fingerprint density at radius 3 is 3.00 bits per heavy atom. The van der Waals surface area contributed by atoms with Crippen LogP contribution in [0.2, 0.25) is 0 Å². The summed E-state index contributed by atoms with van der Waals surface area (Å²) in [5, 5.41) is 6.86. The van der Waals surface area contributed by atoms with Crippen LogP contribution in [0.4, 0.5) is 0 Å². The van der Waals surface area contributed by atoms with Crippen molar-refractivity contribution in [2.45, 2.75) is 38.6 Å². The molecule has 1 fully saturated rings. The summed E-state index contributed by atoms with van der Waals surface area (Å²) in [6.45, 7) is 5.46. The van der Waals surface area contributed by atoms with E-state index in [1.165, 1.54) is 24.1 Å². The van der Waals surface area contributed by atoms with Crippen molar-refractivity contribution in [2.24, 2.45) is 0 Å². The van der Waals surface area contributed by atoms with Gasteiger partial charge in [0.05, 0.1) is 0 Å². The third kappa shape index (κ3) is 4.69. The van der Waals surface area contributed by atoms with Gasteiger partial charge in [0, 0.05) is 17.5 Å². The van der Waals surface area contributed by atoms with Gasteiger partial charge in [-0.3, -0.25) is 0 Å². The topological polar surface area (TPSA) is 24.1 Å². The molecular weight excluding hydrogens is 180 g/mol. The summed E-state index contributed by atoms with van der Waals surface area (Å²) in [6.07, 6.45) is 4.88. The molecule has 1 aliphatic rings. The summed E-state index contributed by atoms with van der Waals surface area (Å²) < 4.78 is 0. The fraction of sp³-hybridized carbons (Fsp3) is 0.900. The van der Waals surface area contributed by atoms with Crippen LogP contribution in [0.3, 0.4) is 0 Å². The molecule has 1 unspecified atom stereocenters. The molecule has 1 saturated heterocycles. The van der Waals surface area contributed by atoms with E-state index in [1.54, 1.807) is 0 Å².